The van der Waals surface area contributed by atoms with E-state index in [-0.39, 0.29) is 5.91 Å². The Balaban J connectivity index is 3.44. The highest BCUT2D eigenvalue weighted by atomic mass is 16.1. The van der Waals surface area contributed by atoms with Gasteiger partial charge in [-0.05, 0) is 19.3 Å². The third kappa shape index (κ3) is 6.89. The minimum Gasteiger partial charge on any atom is -0.355 e. The van der Waals surface area contributed by atoms with Crippen LogP contribution in [0.3, 0.4) is 0 Å². The molecular weight excluding hydrogens is 176 g/mol. The maximum Gasteiger partial charge on any atom is 0.233 e. The summed E-state index contributed by atoms with van der Waals surface area (Å²) in [7, 11) is 0. The lowest BCUT2D eigenvalue weighted by Gasteiger charge is -2.16. The first-order valence-electron chi connectivity index (χ1n) is 5.58. The highest BCUT2D eigenvalue weighted by Gasteiger charge is 2.07. The van der Waals surface area contributed by atoms with Crippen LogP contribution in [0, 0.1) is 5.92 Å². The summed E-state index contributed by atoms with van der Waals surface area (Å²) in [6, 6.07) is 0.395. The maximum absolute atomic E-state index is 11.3. The predicted octanol–water partition coefficient (Wildman–Crippen LogP) is 1.54. The number of carbonyl (C=O) groups is 1. The van der Waals surface area contributed by atoms with E-state index in [4.69, 9.17) is 0 Å². The molecule has 84 valence electrons. The number of unbranched alkanes of at least 4 members (excludes halogenated alkanes) is 1. The Kier molecular flexibility index (Phi) is 7.48. The summed E-state index contributed by atoms with van der Waals surface area (Å²) in [6.07, 6.45) is 2.18. The van der Waals surface area contributed by atoms with Crippen LogP contribution in [-0.4, -0.2) is 25.0 Å². The van der Waals surface area contributed by atoms with Gasteiger partial charge in [0.15, 0.2) is 0 Å². The van der Waals surface area contributed by atoms with Gasteiger partial charge < -0.3 is 10.6 Å². The lowest BCUT2D eigenvalue weighted by molar-refractivity contribution is -0.120. The average molecular weight is 200 g/mol. The van der Waals surface area contributed by atoms with Crippen LogP contribution in [0.15, 0.2) is 0 Å². The molecule has 0 aromatic carbocycles. The van der Waals surface area contributed by atoms with Gasteiger partial charge in [-0.15, -0.1) is 0 Å². The molecule has 2 N–H and O–H groups in total. The fraction of sp³-hybridized carbons (Fsp3) is 0.909. The van der Waals surface area contributed by atoms with Crippen LogP contribution in [0.4, 0.5) is 0 Å². The summed E-state index contributed by atoms with van der Waals surface area (Å²) in [4.78, 5) is 11.3. The normalized spacial score (nSPS) is 12.9. The van der Waals surface area contributed by atoms with E-state index >= 15 is 0 Å². The molecule has 1 atom stereocenters. The van der Waals surface area contributed by atoms with Crippen molar-refractivity contribution >= 4 is 5.91 Å². The van der Waals surface area contributed by atoms with Crippen molar-refractivity contribution in [3.63, 3.8) is 0 Å². The van der Waals surface area contributed by atoms with E-state index in [0.29, 0.717) is 18.5 Å². The number of hydrogen-bond acceptors (Lipinski definition) is 2. The molecule has 14 heavy (non-hydrogen) atoms. The molecule has 1 amide bonds. The molecule has 0 aromatic rings. The standard InChI is InChI=1S/C11H24N2O/c1-5-6-7-12-11(14)8-13-10(4)9(2)3/h9-10,13H,5-8H2,1-4H3,(H,12,14). The smallest absolute Gasteiger partial charge is 0.233 e. The molecule has 0 spiro atoms. The second-order valence-electron chi connectivity index (χ2n) is 4.12. The van der Waals surface area contributed by atoms with Crippen molar-refractivity contribution in [3.8, 4) is 0 Å². The van der Waals surface area contributed by atoms with E-state index < -0.39 is 0 Å². The molecule has 3 nitrogen and oxygen atoms in total. The molecule has 0 aliphatic heterocycles. The molecule has 0 aliphatic rings. The quantitative estimate of drug-likeness (QED) is 0.612. The summed E-state index contributed by atoms with van der Waals surface area (Å²) < 4.78 is 0. The SMILES string of the molecule is CCCCNC(=O)CNC(C)C(C)C. The number of rotatable bonds is 7. The fourth-order valence-corrected chi connectivity index (χ4v) is 0.956. The molecule has 0 heterocycles. The highest BCUT2D eigenvalue weighted by molar-refractivity contribution is 5.77. The lowest BCUT2D eigenvalue weighted by Crippen LogP contribution is -2.40. The Morgan fingerprint density at radius 2 is 1.93 bits per heavy atom. The van der Waals surface area contributed by atoms with E-state index in [2.05, 4.69) is 38.3 Å². The Bertz CT molecular complexity index is 157. The molecule has 0 saturated heterocycles. The summed E-state index contributed by atoms with van der Waals surface area (Å²) in [5, 5.41) is 6.07. The van der Waals surface area contributed by atoms with Gasteiger partial charge in [0.1, 0.15) is 0 Å². The van der Waals surface area contributed by atoms with Gasteiger partial charge in [-0.2, -0.15) is 0 Å². The first-order chi connectivity index (χ1) is 6.57. The summed E-state index contributed by atoms with van der Waals surface area (Å²) in [6.45, 7) is 9.74. The minimum absolute atomic E-state index is 0.103. The Hall–Kier alpha value is -0.570. The second kappa shape index (κ2) is 7.80. The minimum atomic E-state index is 0.103. The van der Waals surface area contributed by atoms with Crippen LogP contribution >= 0.6 is 0 Å². The third-order valence-electron chi connectivity index (χ3n) is 2.44. The average Bonchev–Trinajstić information content (AvgIpc) is 2.14. The van der Waals surface area contributed by atoms with Crippen molar-refractivity contribution in [1.82, 2.24) is 10.6 Å². The van der Waals surface area contributed by atoms with Gasteiger partial charge in [-0.3, -0.25) is 4.79 Å². The van der Waals surface area contributed by atoms with Crippen LogP contribution in [-0.2, 0) is 4.79 Å². The zero-order chi connectivity index (χ0) is 11.0. The third-order valence-corrected chi connectivity index (χ3v) is 2.44. The van der Waals surface area contributed by atoms with E-state index in [0.717, 1.165) is 19.4 Å². The molecule has 0 aliphatic carbocycles. The van der Waals surface area contributed by atoms with Crippen molar-refractivity contribution in [2.24, 2.45) is 5.92 Å². The van der Waals surface area contributed by atoms with E-state index in [9.17, 15) is 4.79 Å². The van der Waals surface area contributed by atoms with Gasteiger partial charge in [0.2, 0.25) is 5.91 Å². The fourth-order valence-electron chi connectivity index (χ4n) is 0.956. The largest absolute Gasteiger partial charge is 0.355 e. The van der Waals surface area contributed by atoms with Crippen molar-refractivity contribution < 1.29 is 4.79 Å². The Morgan fingerprint density at radius 3 is 2.43 bits per heavy atom. The molecule has 3 heteroatoms. The Labute approximate surface area is 87.6 Å². The molecule has 0 saturated carbocycles. The monoisotopic (exact) mass is 200 g/mol. The molecule has 0 rings (SSSR count). The van der Waals surface area contributed by atoms with Crippen LogP contribution < -0.4 is 10.6 Å². The summed E-state index contributed by atoms with van der Waals surface area (Å²) >= 11 is 0. The summed E-state index contributed by atoms with van der Waals surface area (Å²) in [5.41, 5.74) is 0. The zero-order valence-electron chi connectivity index (χ0n) is 9.89. The van der Waals surface area contributed by atoms with Crippen molar-refractivity contribution in [2.75, 3.05) is 13.1 Å². The molecule has 0 fully saturated rings. The van der Waals surface area contributed by atoms with E-state index in [1.54, 1.807) is 0 Å². The van der Waals surface area contributed by atoms with Crippen molar-refractivity contribution in [1.29, 1.82) is 0 Å². The van der Waals surface area contributed by atoms with Crippen LogP contribution in [0.1, 0.15) is 40.5 Å². The van der Waals surface area contributed by atoms with Gasteiger partial charge >= 0.3 is 0 Å². The molecule has 0 aromatic heterocycles. The predicted molar refractivity (Wildman–Crippen MR) is 60.2 cm³/mol. The zero-order valence-corrected chi connectivity index (χ0v) is 9.89. The van der Waals surface area contributed by atoms with Crippen LogP contribution in [0.25, 0.3) is 0 Å². The van der Waals surface area contributed by atoms with Gasteiger partial charge in [0.25, 0.3) is 0 Å². The first kappa shape index (κ1) is 13.4. The van der Waals surface area contributed by atoms with E-state index in [1.165, 1.54) is 0 Å². The number of nitrogens with one attached hydrogen (secondary N) is 2. The van der Waals surface area contributed by atoms with Gasteiger partial charge in [-0.1, -0.05) is 27.2 Å². The molecule has 1 unspecified atom stereocenters. The molecular formula is C11H24N2O. The topological polar surface area (TPSA) is 41.1 Å². The molecule has 0 bridgehead atoms. The number of hydrogen-bond donors (Lipinski definition) is 2. The van der Waals surface area contributed by atoms with Crippen LogP contribution in [0.2, 0.25) is 0 Å². The van der Waals surface area contributed by atoms with Gasteiger partial charge in [0, 0.05) is 12.6 Å². The number of carbonyl (C=O) groups excluding carboxylic acids is 1. The maximum atomic E-state index is 11.3. The van der Waals surface area contributed by atoms with Crippen LogP contribution in [0.5, 0.6) is 0 Å². The first-order valence-corrected chi connectivity index (χ1v) is 5.58. The van der Waals surface area contributed by atoms with Gasteiger partial charge in [-0.25, -0.2) is 0 Å². The van der Waals surface area contributed by atoms with Gasteiger partial charge in [0.05, 0.1) is 6.54 Å². The highest BCUT2D eigenvalue weighted by Crippen LogP contribution is 1.98. The van der Waals surface area contributed by atoms with Crippen molar-refractivity contribution in [2.45, 2.75) is 46.6 Å². The second-order valence-corrected chi connectivity index (χ2v) is 4.12. The lowest BCUT2D eigenvalue weighted by atomic mass is 10.1. The Morgan fingerprint density at radius 1 is 1.29 bits per heavy atom. The molecule has 0 radical (unpaired) electrons. The van der Waals surface area contributed by atoms with Crippen molar-refractivity contribution in [3.05, 3.63) is 0 Å². The van der Waals surface area contributed by atoms with E-state index in [1.807, 2.05) is 0 Å². The number of amides is 1. The summed E-state index contributed by atoms with van der Waals surface area (Å²) in [5.74, 6) is 0.671.